The van der Waals surface area contributed by atoms with Crippen molar-refractivity contribution in [2.45, 2.75) is 38.2 Å². The van der Waals surface area contributed by atoms with Crippen molar-refractivity contribution in [1.29, 1.82) is 0 Å². The molecule has 1 aliphatic heterocycles. The summed E-state index contributed by atoms with van der Waals surface area (Å²) in [7, 11) is -3.81. The van der Waals surface area contributed by atoms with Crippen LogP contribution in [0.5, 0.6) is 0 Å². The second-order valence-electron chi connectivity index (χ2n) is 6.55. The van der Waals surface area contributed by atoms with E-state index in [0.29, 0.717) is 19.4 Å². The van der Waals surface area contributed by atoms with Gasteiger partial charge < -0.3 is 9.26 Å². The lowest BCUT2D eigenvalue weighted by Gasteiger charge is -2.30. The summed E-state index contributed by atoms with van der Waals surface area (Å²) in [6.07, 6.45) is 1.05. The van der Waals surface area contributed by atoms with E-state index >= 15 is 0 Å². The summed E-state index contributed by atoms with van der Waals surface area (Å²) in [5.74, 6) is -1.36. The zero-order chi connectivity index (χ0) is 19.6. The Labute approximate surface area is 157 Å². The number of rotatable bonds is 5. The maximum atomic E-state index is 13.6. The van der Waals surface area contributed by atoms with Crippen LogP contribution in [0.15, 0.2) is 33.7 Å². The van der Waals surface area contributed by atoms with Crippen LogP contribution in [0.3, 0.4) is 0 Å². The second kappa shape index (κ2) is 7.77. The van der Waals surface area contributed by atoms with Gasteiger partial charge in [-0.1, -0.05) is 23.4 Å². The first-order valence-corrected chi connectivity index (χ1v) is 10.1. The maximum Gasteiger partial charge on any atom is 0.310 e. The predicted octanol–water partition coefficient (Wildman–Crippen LogP) is 2.57. The van der Waals surface area contributed by atoms with Crippen LogP contribution in [0.1, 0.15) is 29.9 Å². The zero-order valence-electron chi connectivity index (χ0n) is 15.1. The van der Waals surface area contributed by atoms with Gasteiger partial charge in [-0.15, -0.1) is 0 Å². The first-order chi connectivity index (χ1) is 12.8. The molecule has 2 heterocycles. The highest BCUT2D eigenvalue weighted by Gasteiger charge is 2.37. The standard InChI is InChI=1S/C18H21FN2O5S/c1-12-17(13(2)26-20-12)27(23,24)21-9-5-7-14(10-21)18(22)25-11-15-6-3-4-8-16(15)19/h3-4,6,8,14H,5,7,9-11H2,1-2H3. The molecule has 1 fully saturated rings. The molecule has 0 spiro atoms. The number of aromatic nitrogens is 1. The quantitative estimate of drug-likeness (QED) is 0.722. The van der Waals surface area contributed by atoms with Crippen molar-refractivity contribution in [3.05, 3.63) is 47.1 Å². The minimum atomic E-state index is -3.81. The normalized spacial score (nSPS) is 18.4. The smallest absolute Gasteiger partial charge is 0.310 e. The molecular weight excluding hydrogens is 375 g/mol. The van der Waals surface area contributed by atoms with Crippen LogP contribution in [-0.2, 0) is 26.2 Å². The van der Waals surface area contributed by atoms with E-state index in [2.05, 4.69) is 5.16 Å². The van der Waals surface area contributed by atoms with E-state index in [0.717, 1.165) is 0 Å². The van der Waals surface area contributed by atoms with Gasteiger partial charge in [0.05, 0.1) is 5.92 Å². The van der Waals surface area contributed by atoms with Gasteiger partial charge in [-0.2, -0.15) is 4.31 Å². The molecule has 1 unspecified atom stereocenters. The summed E-state index contributed by atoms with van der Waals surface area (Å²) >= 11 is 0. The van der Waals surface area contributed by atoms with Gasteiger partial charge in [0.25, 0.3) is 0 Å². The lowest BCUT2D eigenvalue weighted by molar-refractivity contribution is -0.151. The van der Waals surface area contributed by atoms with Crippen molar-refractivity contribution in [2.24, 2.45) is 5.92 Å². The summed E-state index contributed by atoms with van der Waals surface area (Å²) < 4.78 is 50.9. The third-order valence-corrected chi connectivity index (χ3v) is 6.72. The van der Waals surface area contributed by atoms with Crippen LogP contribution in [-0.4, -0.2) is 36.9 Å². The number of carbonyl (C=O) groups excluding carboxylic acids is 1. The number of halogens is 1. The Balaban J connectivity index is 1.69. The largest absolute Gasteiger partial charge is 0.460 e. The SMILES string of the molecule is Cc1noc(C)c1S(=O)(=O)N1CCCC(C(=O)OCc2ccccc2F)C1. The Morgan fingerprint density at radius 1 is 1.37 bits per heavy atom. The molecule has 0 bridgehead atoms. The van der Waals surface area contributed by atoms with Crippen LogP contribution in [0.2, 0.25) is 0 Å². The summed E-state index contributed by atoms with van der Waals surface area (Å²) in [6.45, 7) is 3.25. The fraction of sp³-hybridized carbons (Fsp3) is 0.444. The van der Waals surface area contributed by atoms with E-state index in [4.69, 9.17) is 9.26 Å². The molecule has 0 amide bonds. The molecule has 2 aromatic rings. The average Bonchev–Trinajstić information content (AvgIpc) is 3.00. The van der Waals surface area contributed by atoms with Gasteiger partial charge in [0, 0.05) is 18.7 Å². The average molecular weight is 396 g/mol. The fourth-order valence-corrected chi connectivity index (χ4v) is 5.02. The number of hydrogen-bond acceptors (Lipinski definition) is 6. The molecule has 0 N–H and O–H groups in total. The molecule has 1 saturated heterocycles. The highest BCUT2D eigenvalue weighted by Crippen LogP contribution is 2.28. The van der Waals surface area contributed by atoms with Gasteiger partial charge in [-0.05, 0) is 32.8 Å². The molecule has 9 heteroatoms. The van der Waals surface area contributed by atoms with Crippen molar-refractivity contribution in [3.8, 4) is 0 Å². The van der Waals surface area contributed by atoms with Crippen molar-refractivity contribution in [1.82, 2.24) is 9.46 Å². The van der Waals surface area contributed by atoms with Crippen molar-refractivity contribution in [2.75, 3.05) is 13.1 Å². The molecule has 1 aromatic carbocycles. The summed E-state index contributed by atoms with van der Waals surface area (Å²) in [4.78, 5) is 12.4. The molecule has 1 aliphatic rings. The van der Waals surface area contributed by atoms with Gasteiger partial charge in [0.1, 0.15) is 23.0 Å². The van der Waals surface area contributed by atoms with E-state index in [1.54, 1.807) is 19.1 Å². The number of hydrogen-bond donors (Lipinski definition) is 0. The number of sulfonamides is 1. The number of benzene rings is 1. The Morgan fingerprint density at radius 2 is 2.11 bits per heavy atom. The van der Waals surface area contributed by atoms with E-state index in [1.165, 1.54) is 23.4 Å². The van der Waals surface area contributed by atoms with Crippen LogP contribution >= 0.6 is 0 Å². The Hall–Kier alpha value is -2.26. The number of ether oxygens (including phenoxy) is 1. The predicted molar refractivity (Wildman–Crippen MR) is 93.7 cm³/mol. The van der Waals surface area contributed by atoms with E-state index < -0.39 is 27.7 Å². The minimum absolute atomic E-state index is 0.0164. The molecule has 0 radical (unpaired) electrons. The van der Waals surface area contributed by atoms with Crippen molar-refractivity contribution in [3.63, 3.8) is 0 Å². The van der Waals surface area contributed by atoms with Gasteiger partial charge in [0.2, 0.25) is 10.0 Å². The number of esters is 1. The van der Waals surface area contributed by atoms with Gasteiger partial charge >= 0.3 is 5.97 Å². The summed E-state index contributed by atoms with van der Waals surface area (Å²) in [5, 5.41) is 3.69. The summed E-state index contributed by atoms with van der Waals surface area (Å²) in [6, 6.07) is 6.05. The third-order valence-electron chi connectivity index (χ3n) is 4.61. The number of piperidine rings is 1. The summed E-state index contributed by atoms with van der Waals surface area (Å²) in [5.41, 5.74) is 0.568. The second-order valence-corrected chi connectivity index (χ2v) is 8.43. The molecule has 7 nitrogen and oxygen atoms in total. The topological polar surface area (TPSA) is 89.7 Å². The highest BCUT2D eigenvalue weighted by molar-refractivity contribution is 7.89. The van der Waals surface area contributed by atoms with E-state index in [-0.39, 0.29) is 35.1 Å². The highest BCUT2D eigenvalue weighted by atomic mass is 32.2. The van der Waals surface area contributed by atoms with Crippen LogP contribution in [0.25, 0.3) is 0 Å². The number of nitrogens with zero attached hydrogens (tertiary/aromatic N) is 2. The zero-order valence-corrected chi connectivity index (χ0v) is 16.0. The molecule has 0 saturated carbocycles. The van der Waals surface area contributed by atoms with Crippen molar-refractivity contribution < 1.29 is 26.9 Å². The van der Waals surface area contributed by atoms with Crippen LogP contribution < -0.4 is 0 Å². The van der Waals surface area contributed by atoms with E-state index in [9.17, 15) is 17.6 Å². The molecule has 27 heavy (non-hydrogen) atoms. The first kappa shape index (κ1) is 19.5. The maximum absolute atomic E-state index is 13.6. The monoisotopic (exact) mass is 396 g/mol. The first-order valence-electron chi connectivity index (χ1n) is 8.63. The molecule has 3 rings (SSSR count). The molecular formula is C18H21FN2O5S. The number of carbonyl (C=O) groups is 1. The van der Waals surface area contributed by atoms with Crippen LogP contribution in [0, 0.1) is 25.6 Å². The van der Waals surface area contributed by atoms with Gasteiger partial charge in [-0.25, -0.2) is 12.8 Å². The molecule has 1 aromatic heterocycles. The van der Waals surface area contributed by atoms with E-state index in [1.807, 2.05) is 0 Å². The molecule has 1 atom stereocenters. The van der Waals surface area contributed by atoms with Gasteiger partial charge in [0.15, 0.2) is 5.76 Å². The number of aryl methyl sites for hydroxylation is 2. The van der Waals surface area contributed by atoms with Gasteiger partial charge in [-0.3, -0.25) is 4.79 Å². The van der Waals surface area contributed by atoms with Crippen molar-refractivity contribution >= 4 is 16.0 Å². The minimum Gasteiger partial charge on any atom is -0.460 e. The third kappa shape index (κ3) is 4.03. The lowest BCUT2D eigenvalue weighted by atomic mass is 10.00. The fourth-order valence-electron chi connectivity index (χ4n) is 3.21. The Kier molecular flexibility index (Phi) is 5.61. The Morgan fingerprint density at radius 3 is 2.78 bits per heavy atom. The Bertz CT molecular complexity index is 921. The van der Waals surface area contributed by atoms with Crippen LogP contribution in [0.4, 0.5) is 4.39 Å². The molecule has 0 aliphatic carbocycles. The molecule has 146 valence electrons. The lowest BCUT2D eigenvalue weighted by Crippen LogP contribution is -2.43.